The van der Waals surface area contributed by atoms with Crippen LogP contribution in [0.15, 0.2) is 36.5 Å². The fourth-order valence-corrected chi connectivity index (χ4v) is 2.19. The Morgan fingerprint density at radius 2 is 2.00 bits per heavy atom. The summed E-state index contributed by atoms with van der Waals surface area (Å²) in [5.41, 5.74) is 0.877. The van der Waals surface area contributed by atoms with E-state index in [1.165, 1.54) is 10.9 Å². The van der Waals surface area contributed by atoms with E-state index in [1.807, 2.05) is 44.2 Å². The molecule has 0 bridgehead atoms. The lowest BCUT2D eigenvalue weighted by Gasteiger charge is -2.28. The van der Waals surface area contributed by atoms with E-state index in [4.69, 9.17) is 5.11 Å². The van der Waals surface area contributed by atoms with Crippen LogP contribution in [0.25, 0.3) is 0 Å². The van der Waals surface area contributed by atoms with Gasteiger partial charge in [0.05, 0.1) is 6.20 Å². The third-order valence-corrected chi connectivity index (χ3v) is 3.69. The molecule has 0 radical (unpaired) electrons. The first-order valence-corrected chi connectivity index (χ1v) is 7.48. The number of hydrogen-bond acceptors (Lipinski definition) is 4. The minimum atomic E-state index is -1.16. The summed E-state index contributed by atoms with van der Waals surface area (Å²) in [5, 5.41) is 16.1. The number of aromatic carboxylic acids is 1. The average Bonchev–Trinajstić information content (AvgIpc) is 3.01. The van der Waals surface area contributed by atoms with Gasteiger partial charge in [-0.25, -0.2) is 9.48 Å². The Labute approximate surface area is 134 Å². The lowest BCUT2D eigenvalue weighted by Crippen LogP contribution is -2.39. The van der Waals surface area contributed by atoms with Crippen molar-refractivity contribution >= 4 is 11.9 Å². The van der Waals surface area contributed by atoms with E-state index in [0.29, 0.717) is 6.54 Å². The van der Waals surface area contributed by atoms with Crippen molar-refractivity contribution in [3.8, 4) is 0 Å². The van der Waals surface area contributed by atoms with Crippen LogP contribution in [0.1, 0.15) is 36.3 Å². The van der Waals surface area contributed by atoms with E-state index in [1.54, 1.807) is 4.90 Å². The highest BCUT2D eigenvalue weighted by Crippen LogP contribution is 2.12. The number of carboxylic acids is 1. The van der Waals surface area contributed by atoms with E-state index in [-0.39, 0.29) is 24.2 Å². The second-order valence-electron chi connectivity index (χ2n) is 5.37. The van der Waals surface area contributed by atoms with Crippen molar-refractivity contribution in [3.63, 3.8) is 0 Å². The number of rotatable bonds is 7. The summed E-state index contributed by atoms with van der Waals surface area (Å²) < 4.78 is 1.26. The molecular weight excluding hydrogens is 296 g/mol. The number of benzene rings is 1. The van der Waals surface area contributed by atoms with Crippen molar-refractivity contribution in [2.24, 2.45) is 0 Å². The molecule has 0 aliphatic heterocycles. The zero-order chi connectivity index (χ0) is 16.8. The molecule has 1 atom stereocenters. The molecule has 1 amide bonds. The zero-order valence-electron chi connectivity index (χ0n) is 13.2. The van der Waals surface area contributed by atoms with Crippen LogP contribution >= 0.6 is 0 Å². The number of hydrogen-bond donors (Lipinski definition) is 1. The standard InChI is InChI=1S/C16H20N4O3/c1-3-12(2)20(9-13-7-5-4-6-8-13)15(21)11-19-10-14(16(22)23)17-18-19/h4-8,10,12H,3,9,11H2,1-2H3,(H,22,23). The Bertz CT molecular complexity index is 669. The van der Waals surface area contributed by atoms with Gasteiger partial charge in [-0.1, -0.05) is 42.5 Å². The van der Waals surface area contributed by atoms with Crippen molar-refractivity contribution in [2.75, 3.05) is 0 Å². The Hall–Kier alpha value is -2.70. The maximum atomic E-state index is 12.6. The van der Waals surface area contributed by atoms with Gasteiger partial charge in [0.2, 0.25) is 5.91 Å². The van der Waals surface area contributed by atoms with Gasteiger partial charge in [0.15, 0.2) is 5.69 Å². The molecule has 1 aromatic carbocycles. The number of carboxylic acid groups (broad SMARTS) is 1. The Morgan fingerprint density at radius 3 is 2.57 bits per heavy atom. The van der Waals surface area contributed by atoms with Crippen molar-refractivity contribution in [3.05, 3.63) is 47.8 Å². The monoisotopic (exact) mass is 316 g/mol. The van der Waals surface area contributed by atoms with Crippen LogP contribution in [-0.4, -0.2) is 42.9 Å². The molecule has 0 spiro atoms. The largest absolute Gasteiger partial charge is 0.476 e. The summed E-state index contributed by atoms with van der Waals surface area (Å²) in [6.07, 6.45) is 2.09. The molecule has 1 N–H and O–H groups in total. The highest BCUT2D eigenvalue weighted by Gasteiger charge is 2.20. The first-order valence-electron chi connectivity index (χ1n) is 7.48. The fourth-order valence-electron chi connectivity index (χ4n) is 2.19. The van der Waals surface area contributed by atoms with Crippen molar-refractivity contribution in [1.29, 1.82) is 0 Å². The quantitative estimate of drug-likeness (QED) is 0.841. The van der Waals surface area contributed by atoms with Gasteiger partial charge < -0.3 is 10.0 Å². The maximum absolute atomic E-state index is 12.6. The summed E-state index contributed by atoms with van der Waals surface area (Å²) in [7, 11) is 0. The van der Waals surface area contributed by atoms with E-state index in [9.17, 15) is 9.59 Å². The van der Waals surface area contributed by atoms with E-state index in [2.05, 4.69) is 10.3 Å². The zero-order valence-corrected chi connectivity index (χ0v) is 13.2. The summed E-state index contributed by atoms with van der Waals surface area (Å²) in [4.78, 5) is 25.2. The molecule has 0 saturated heterocycles. The topological polar surface area (TPSA) is 88.3 Å². The van der Waals surface area contributed by atoms with Crippen LogP contribution in [-0.2, 0) is 17.9 Å². The van der Waals surface area contributed by atoms with E-state index >= 15 is 0 Å². The predicted octanol–water partition coefficient (Wildman–Crippen LogP) is 1.80. The maximum Gasteiger partial charge on any atom is 0.358 e. The van der Waals surface area contributed by atoms with Crippen LogP contribution in [0.4, 0.5) is 0 Å². The van der Waals surface area contributed by atoms with Crippen LogP contribution in [0.3, 0.4) is 0 Å². The Balaban J connectivity index is 2.11. The predicted molar refractivity (Wildman–Crippen MR) is 83.7 cm³/mol. The van der Waals surface area contributed by atoms with Gasteiger partial charge in [-0.2, -0.15) is 0 Å². The van der Waals surface area contributed by atoms with Gasteiger partial charge in [0, 0.05) is 12.6 Å². The van der Waals surface area contributed by atoms with E-state index in [0.717, 1.165) is 12.0 Å². The summed E-state index contributed by atoms with van der Waals surface area (Å²) in [5.74, 6) is -1.28. The number of amides is 1. The van der Waals surface area contributed by atoms with Gasteiger partial charge in [-0.3, -0.25) is 4.79 Å². The molecule has 7 nitrogen and oxygen atoms in total. The van der Waals surface area contributed by atoms with Crippen LogP contribution in [0.2, 0.25) is 0 Å². The number of carbonyl (C=O) groups is 2. The second-order valence-corrected chi connectivity index (χ2v) is 5.37. The molecule has 1 aromatic heterocycles. The minimum Gasteiger partial charge on any atom is -0.476 e. The fraction of sp³-hybridized carbons (Fsp3) is 0.375. The SMILES string of the molecule is CCC(C)N(Cc1ccccc1)C(=O)Cn1cc(C(=O)O)nn1. The van der Waals surface area contributed by atoms with Gasteiger partial charge in [0.25, 0.3) is 0 Å². The molecule has 1 unspecified atom stereocenters. The van der Waals surface area contributed by atoms with Gasteiger partial charge in [-0.05, 0) is 18.9 Å². The first kappa shape index (κ1) is 16.7. The molecule has 2 rings (SSSR count). The smallest absolute Gasteiger partial charge is 0.358 e. The van der Waals surface area contributed by atoms with Crippen LogP contribution < -0.4 is 0 Å². The van der Waals surface area contributed by atoms with Crippen molar-refractivity contribution in [1.82, 2.24) is 19.9 Å². The Morgan fingerprint density at radius 1 is 1.30 bits per heavy atom. The molecular formula is C16H20N4O3. The molecule has 0 aliphatic carbocycles. The van der Waals surface area contributed by atoms with Crippen molar-refractivity contribution in [2.45, 2.75) is 39.4 Å². The molecule has 0 fully saturated rings. The van der Waals surface area contributed by atoms with Gasteiger partial charge >= 0.3 is 5.97 Å². The van der Waals surface area contributed by atoms with Gasteiger partial charge in [0.1, 0.15) is 6.54 Å². The second kappa shape index (κ2) is 7.53. The highest BCUT2D eigenvalue weighted by atomic mass is 16.4. The number of carbonyl (C=O) groups excluding carboxylic acids is 1. The molecule has 1 heterocycles. The van der Waals surface area contributed by atoms with Crippen LogP contribution in [0, 0.1) is 0 Å². The van der Waals surface area contributed by atoms with E-state index < -0.39 is 5.97 Å². The highest BCUT2D eigenvalue weighted by molar-refractivity contribution is 5.84. The summed E-state index contributed by atoms with van der Waals surface area (Å²) >= 11 is 0. The number of aromatic nitrogens is 3. The third-order valence-electron chi connectivity index (χ3n) is 3.69. The van der Waals surface area contributed by atoms with Crippen LogP contribution in [0.5, 0.6) is 0 Å². The molecule has 23 heavy (non-hydrogen) atoms. The minimum absolute atomic E-state index is 0.0303. The molecule has 0 saturated carbocycles. The first-order chi connectivity index (χ1) is 11.0. The van der Waals surface area contributed by atoms with Gasteiger partial charge in [-0.15, -0.1) is 5.10 Å². The normalized spacial score (nSPS) is 11.9. The summed E-state index contributed by atoms with van der Waals surface area (Å²) in [6, 6.07) is 9.82. The third kappa shape index (κ3) is 4.38. The lowest BCUT2D eigenvalue weighted by atomic mass is 10.1. The number of nitrogens with zero attached hydrogens (tertiary/aromatic N) is 4. The summed E-state index contributed by atoms with van der Waals surface area (Å²) in [6.45, 7) is 4.49. The molecule has 7 heteroatoms. The Kier molecular flexibility index (Phi) is 5.46. The lowest BCUT2D eigenvalue weighted by molar-refractivity contribution is -0.134. The van der Waals surface area contributed by atoms with Crippen molar-refractivity contribution < 1.29 is 14.7 Å². The average molecular weight is 316 g/mol. The molecule has 2 aromatic rings. The molecule has 122 valence electrons. The molecule has 0 aliphatic rings.